The van der Waals surface area contributed by atoms with Gasteiger partial charge in [-0.2, -0.15) is 0 Å². The lowest BCUT2D eigenvalue weighted by Gasteiger charge is -2.24. The van der Waals surface area contributed by atoms with E-state index in [0.717, 1.165) is 13.0 Å². The number of hydrogen-bond donors (Lipinski definition) is 2. The third kappa shape index (κ3) is 9.87. The number of aliphatic carboxylic acids is 2. The van der Waals surface area contributed by atoms with Gasteiger partial charge >= 0.3 is 11.9 Å². The average molecular weight is 444 g/mol. The Balaban J connectivity index is 2.52. The maximum absolute atomic E-state index is 11.2. The van der Waals surface area contributed by atoms with Gasteiger partial charge in [0.15, 0.2) is 5.41 Å². The second kappa shape index (κ2) is 14.7. The van der Waals surface area contributed by atoms with Gasteiger partial charge < -0.3 is 10.2 Å². The second-order valence-corrected chi connectivity index (χ2v) is 9.16. The highest BCUT2D eigenvalue weighted by Gasteiger charge is 2.40. The maximum atomic E-state index is 11.2. The molecule has 0 bridgehead atoms. The largest absolute Gasteiger partial charge is 0.480 e. The van der Waals surface area contributed by atoms with Gasteiger partial charge in [-0.25, -0.2) is 0 Å². The third-order valence-corrected chi connectivity index (χ3v) is 6.00. The van der Waals surface area contributed by atoms with E-state index in [1.54, 1.807) is 0 Å². The topological polar surface area (TPSA) is 77.8 Å². The molecule has 0 saturated heterocycles. The van der Waals surface area contributed by atoms with Gasteiger partial charge in [-0.1, -0.05) is 75.6 Å². The minimum absolute atomic E-state index is 0.211. The quantitative estimate of drug-likeness (QED) is 0.205. The summed E-state index contributed by atoms with van der Waals surface area (Å²) in [4.78, 5) is 24.7. The van der Waals surface area contributed by atoms with Crippen molar-refractivity contribution in [3.63, 3.8) is 0 Å². The van der Waals surface area contributed by atoms with Gasteiger partial charge in [0, 0.05) is 19.0 Å². The van der Waals surface area contributed by atoms with Crippen molar-refractivity contribution >= 4 is 11.9 Å². The normalized spacial score (nSPS) is 11.4. The zero-order chi connectivity index (χ0) is 24.0. The number of rotatable bonds is 15. The standard InChI is InChI=1S/C27H41NO4/c1-5-6-7-8-9-10-11-14-23-15-17-24(18-16-23)21-28(22(2)3)20-13-12-19-27(4,25(29)30)26(31)32/h15-18,22H,5-11,14,19-21H2,1-4H3,(H,29,30)(H,31,32). The van der Waals surface area contributed by atoms with Crippen LogP contribution in [0.15, 0.2) is 24.3 Å². The lowest BCUT2D eigenvalue weighted by molar-refractivity contribution is -0.162. The van der Waals surface area contributed by atoms with Crippen molar-refractivity contribution in [1.29, 1.82) is 0 Å². The Labute approximate surface area is 194 Å². The van der Waals surface area contributed by atoms with E-state index in [2.05, 4.69) is 61.8 Å². The minimum atomic E-state index is -1.87. The first-order valence-corrected chi connectivity index (χ1v) is 11.9. The van der Waals surface area contributed by atoms with Crippen LogP contribution in [-0.2, 0) is 22.6 Å². The molecule has 0 atom stereocenters. The van der Waals surface area contributed by atoms with Crippen molar-refractivity contribution in [2.24, 2.45) is 5.41 Å². The fourth-order valence-electron chi connectivity index (χ4n) is 3.39. The van der Waals surface area contributed by atoms with Crippen molar-refractivity contribution in [1.82, 2.24) is 4.90 Å². The van der Waals surface area contributed by atoms with E-state index in [1.807, 2.05) is 0 Å². The number of carboxylic acids is 2. The summed E-state index contributed by atoms with van der Waals surface area (Å²) < 4.78 is 0. The van der Waals surface area contributed by atoms with Crippen LogP contribution >= 0.6 is 0 Å². The lowest BCUT2D eigenvalue weighted by atomic mass is 9.87. The van der Waals surface area contributed by atoms with E-state index in [0.29, 0.717) is 6.54 Å². The molecule has 178 valence electrons. The first-order chi connectivity index (χ1) is 15.2. The Morgan fingerprint density at radius 2 is 1.44 bits per heavy atom. The van der Waals surface area contributed by atoms with Crippen LogP contribution < -0.4 is 0 Å². The first kappa shape index (κ1) is 27.7. The summed E-state index contributed by atoms with van der Waals surface area (Å²) in [6, 6.07) is 9.03. The predicted molar refractivity (Wildman–Crippen MR) is 129 cm³/mol. The monoisotopic (exact) mass is 443 g/mol. The highest BCUT2D eigenvalue weighted by Crippen LogP contribution is 2.21. The van der Waals surface area contributed by atoms with E-state index in [9.17, 15) is 9.59 Å². The van der Waals surface area contributed by atoms with Gasteiger partial charge in [-0.3, -0.25) is 14.5 Å². The molecule has 0 fully saturated rings. The van der Waals surface area contributed by atoms with E-state index in [1.165, 1.54) is 63.0 Å². The molecule has 0 saturated carbocycles. The Morgan fingerprint density at radius 1 is 0.906 bits per heavy atom. The summed E-state index contributed by atoms with van der Waals surface area (Å²) in [5.41, 5.74) is 0.714. The van der Waals surface area contributed by atoms with Crippen LogP contribution in [-0.4, -0.2) is 39.6 Å². The molecule has 0 unspecified atom stereocenters. The van der Waals surface area contributed by atoms with E-state index < -0.39 is 17.4 Å². The molecule has 1 aromatic carbocycles. The molecular weight excluding hydrogens is 402 g/mol. The van der Waals surface area contributed by atoms with E-state index in [4.69, 9.17) is 10.2 Å². The summed E-state index contributed by atoms with van der Waals surface area (Å²) in [7, 11) is 0. The molecule has 0 spiro atoms. The second-order valence-electron chi connectivity index (χ2n) is 9.16. The van der Waals surface area contributed by atoms with Crippen molar-refractivity contribution in [2.45, 2.75) is 98.1 Å². The highest BCUT2D eigenvalue weighted by atomic mass is 16.4. The molecule has 0 aliphatic heterocycles. The van der Waals surface area contributed by atoms with Crippen LogP contribution in [0.4, 0.5) is 0 Å². The van der Waals surface area contributed by atoms with Crippen molar-refractivity contribution in [3.05, 3.63) is 35.4 Å². The SMILES string of the molecule is CCCCCCCCCc1ccc(CN(CC#CCC(C)(C(=O)O)C(=O)O)C(C)C)cc1. The predicted octanol–water partition coefficient (Wildman–Crippen LogP) is 5.76. The molecule has 0 heterocycles. The molecule has 32 heavy (non-hydrogen) atoms. The number of benzene rings is 1. The van der Waals surface area contributed by atoms with Gasteiger partial charge in [0.25, 0.3) is 0 Å². The van der Waals surface area contributed by atoms with Gasteiger partial charge in [0.05, 0.1) is 6.54 Å². The Kier molecular flexibility index (Phi) is 12.7. The van der Waals surface area contributed by atoms with E-state index >= 15 is 0 Å². The maximum Gasteiger partial charge on any atom is 0.321 e. The molecule has 0 radical (unpaired) electrons. The van der Waals surface area contributed by atoms with Gasteiger partial charge in [0.1, 0.15) is 0 Å². The van der Waals surface area contributed by atoms with Crippen LogP contribution in [0, 0.1) is 17.3 Å². The van der Waals surface area contributed by atoms with Crippen LogP contribution in [0.5, 0.6) is 0 Å². The van der Waals surface area contributed by atoms with Crippen LogP contribution in [0.1, 0.15) is 90.2 Å². The Hall–Kier alpha value is -2.32. The molecule has 0 aliphatic carbocycles. The summed E-state index contributed by atoms with van der Waals surface area (Å²) in [5, 5.41) is 18.3. The number of unbranched alkanes of at least 4 members (excludes halogenated alkanes) is 6. The summed E-state index contributed by atoms with van der Waals surface area (Å²) in [5.74, 6) is 3.00. The third-order valence-electron chi connectivity index (χ3n) is 6.00. The van der Waals surface area contributed by atoms with Gasteiger partial charge in [0.2, 0.25) is 0 Å². The average Bonchev–Trinajstić information content (AvgIpc) is 2.75. The number of carbonyl (C=O) groups is 2. The molecule has 5 nitrogen and oxygen atoms in total. The first-order valence-electron chi connectivity index (χ1n) is 11.9. The smallest absolute Gasteiger partial charge is 0.321 e. The zero-order valence-corrected chi connectivity index (χ0v) is 20.3. The highest BCUT2D eigenvalue weighted by molar-refractivity contribution is 5.98. The van der Waals surface area contributed by atoms with Crippen molar-refractivity contribution in [3.8, 4) is 11.8 Å². The summed E-state index contributed by atoms with van der Waals surface area (Å²) in [6.45, 7) is 8.84. The van der Waals surface area contributed by atoms with Crippen molar-refractivity contribution < 1.29 is 19.8 Å². The number of carboxylic acid groups (broad SMARTS) is 2. The molecule has 0 amide bonds. The molecule has 0 aliphatic rings. The Bertz CT molecular complexity index is 744. The van der Waals surface area contributed by atoms with Crippen LogP contribution in [0.2, 0.25) is 0 Å². The molecule has 5 heteroatoms. The minimum Gasteiger partial charge on any atom is -0.480 e. The molecule has 1 rings (SSSR count). The number of nitrogens with zero attached hydrogens (tertiary/aromatic N) is 1. The lowest BCUT2D eigenvalue weighted by Crippen LogP contribution is -2.36. The fraction of sp³-hybridized carbons (Fsp3) is 0.630. The van der Waals surface area contributed by atoms with Crippen LogP contribution in [0.25, 0.3) is 0 Å². The molecular formula is C27H41NO4. The number of aryl methyl sites for hydroxylation is 1. The molecule has 1 aromatic rings. The number of hydrogen-bond acceptors (Lipinski definition) is 3. The molecule has 2 N–H and O–H groups in total. The zero-order valence-electron chi connectivity index (χ0n) is 20.3. The van der Waals surface area contributed by atoms with Gasteiger partial charge in [-0.05, 0) is 44.7 Å². The summed E-state index contributed by atoms with van der Waals surface area (Å²) >= 11 is 0. The summed E-state index contributed by atoms with van der Waals surface area (Å²) in [6.07, 6.45) is 10.1. The molecule has 0 aromatic heterocycles. The Morgan fingerprint density at radius 3 is 1.97 bits per heavy atom. The van der Waals surface area contributed by atoms with E-state index in [-0.39, 0.29) is 12.5 Å². The van der Waals surface area contributed by atoms with Gasteiger partial charge in [-0.15, -0.1) is 5.92 Å². The van der Waals surface area contributed by atoms with Crippen molar-refractivity contribution in [2.75, 3.05) is 6.54 Å². The fourth-order valence-corrected chi connectivity index (χ4v) is 3.39. The van der Waals surface area contributed by atoms with Crippen LogP contribution in [0.3, 0.4) is 0 Å².